The van der Waals surface area contributed by atoms with Crippen LogP contribution in [0.25, 0.3) is 5.57 Å². The average Bonchev–Trinajstić information content (AvgIpc) is 2.42. The molecule has 0 aliphatic carbocycles. The zero-order valence-corrected chi connectivity index (χ0v) is 9.97. The highest BCUT2D eigenvalue weighted by molar-refractivity contribution is 5.78. The van der Waals surface area contributed by atoms with Crippen LogP contribution in [0.4, 0.5) is 0 Å². The van der Waals surface area contributed by atoms with Crippen LogP contribution in [-0.2, 0) is 4.74 Å². The van der Waals surface area contributed by atoms with Crippen LogP contribution in [0.15, 0.2) is 66.9 Å². The smallest absolute Gasteiger partial charge is 0.0913 e. The first kappa shape index (κ1) is 11.5. The highest BCUT2D eigenvalue weighted by Crippen LogP contribution is 2.22. The predicted molar refractivity (Wildman–Crippen MR) is 71.6 cm³/mol. The second kappa shape index (κ2) is 5.90. The predicted octanol–water partition coefficient (Wildman–Crippen LogP) is 4.11. The zero-order chi connectivity index (χ0) is 11.9. The van der Waals surface area contributed by atoms with E-state index < -0.39 is 0 Å². The van der Waals surface area contributed by atoms with Crippen molar-refractivity contribution >= 4 is 5.57 Å². The molecule has 2 rings (SSSR count). The van der Waals surface area contributed by atoms with E-state index in [-0.39, 0.29) is 0 Å². The fraction of sp³-hybridized carbons (Fsp3) is 0.125. The van der Waals surface area contributed by atoms with Crippen LogP contribution in [-0.4, -0.2) is 6.61 Å². The molecule has 1 nitrogen and oxygen atoms in total. The van der Waals surface area contributed by atoms with Crippen molar-refractivity contribution in [3.63, 3.8) is 0 Å². The zero-order valence-electron chi connectivity index (χ0n) is 9.97. The van der Waals surface area contributed by atoms with Gasteiger partial charge in [-0.05, 0) is 18.1 Å². The number of hydrogen-bond donors (Lipinski definition) is 0. The molecule has 86 valence electrons. The van der Waals surface area contributed by atoms with Gasteiger partial charge >= 0.3 is 0 Å². The summed E-state index contributed by atoms with van der Waals surface area (Å²) in [6.07, 6.45) is 1.84. The first-order chi connectivity index (χ1) is 8.42. The van der Waals surface area contributed by atoms with Crippen molar-refractivity contribution in [1.29, 1.82) is 0 Å². The molecule has 0 aromatic heterocycles. The SMILES string of the molecule is CCOC=C(c1ccccc1)c1ccccc1. The van der Waals surface area contributed by atoms with E-state index in [4.69, 9.17) is 4.74 Å². The summed E-state index contributed by atoms with van der Waals surface area (Å²) in [5.74, 6) is 0. The lowest BCUT2D eigenvalue weighted by atomic mass is 9.99. The number of benzene rings is 2. The Labute approximate surface area is 102 Å². The summed E-state index contributed by atoms with van der Waals surface area (Å²) in [6.45, 7) is 2.67. The minimum atomic E-state index is 0.684. The minimum absolute atomic E-state index is 0.684. The molecule has 1 heteroatoms. The lowest BCUT2D eigenvalue weighted by Gasteiger charge is -2.08. The first-order valence-electron chi connectivity index (χ1n) is 5.84. The fourth-order valence-electron chi connectivity index (χ4n) is 1.70. The van der Waals surface area contributed by atoms with Gasteiger partial charge in [0.1, 0.15) is 0 Å². The van der Waals surface area contributed by atoms with Gasteiger partial charge in [0.25, 0.3) is 0 Å². The molecule has 0 amide bonds. The first-order valence-corrected chi connectivity index (χ1v) is 5.84. The summed E-state index contributed by atoms with van der Waals surface area (Å²) in [6, 6.07) is 20.6. The van der Waals surface area contributed by atoms with Crippen LogP contribution in [0.3, 0.4) is 0 Å². The van der Waals surface area contributed by atoms with Crippen LogP contribution >= 0.6 is 0 Å². The standard InChI is InChI=1S/C16H16O/c1-2-17-13-16(14-9-5-3-6-10-14)15-11-7-4-8-12-15/h3-13H,2H2,1H3. The quantitative estimate of drug-likeness (QED) is 0.710. The van der Waals surface area contributed by atoms with Gasteiger partial charge in [0.15, 0.2) is 0 Å². The Morgan fingerprint density at radius 3 is 1.76 bits per heavy atom. The highest BCUT2D eigenvalue weighted by Gasteiger charge is 2.03. The molecule has 0 spiro atoms. The molecule has 0 aliphatic heterocycles. The maximum Gasteiger partial charge on any atom is 0.0913 e. The van der Waals surface area contributed by atoms with Crippen molar-refractivity contribution in [2.75, 3.05) is 6.61 Å². The second-order valence-electron chi connectivity index (χ2n) is 3.72. The third-order valence-electron chi connectivity index (χ3n) is 2.54. The molecule has 0 atom stereocenters. The number of rotatable bonds is 4. The molecule has 0 unspecified atom stereocenters. The molecule has 0 fully saturated rings. The van der Waals surface area contributed by atoms with Crippen LogP contribution in [0.2, 0.25) is 0 Å². The third kappa shape index (κ3) is 2.97. The lowest BCUT2D eigenvalue weighted by Crippen LogP contribution is -1.89. The Morgan fingerprint density at radius 2 is 1.35 bits per heavy atom. The van der Waals surface area contributed by atoms with Crippen molar-refractivity contribution in [2.45, 2.75) is 6.92 Å². The molecule has 0 radical (unpaired) electrons. The van der Waals surface area contributed by atoms with E-state index in [1.807, 2.05) is 49.6 Å². The summed E-state index contributed by atoms with van der Waals surface area (Å²) in [5.41, 5.74) is 3.47. The summed E-state index contributed by atoms with van der Waals surface area (Å²) < 4.78 is 5.44. The van der Waals surface area contributed by atoms with E-state index in [2.05, 4.69) is 24.3 Å². The van der Waals surface area contributed by atoms with Gasteiger partial charge in [-0.2, -0.15) is 0 Å². The van der Waals surface area contributed by atoms with E-state index >= 15 is 0 Å². The van der Waals surface area contributed by atoms with Gasteiger partial charge in [-0.15, -0.1) is 0 Å². The molecule has 0 heterocycles. The topological polar surface area (TPSA) is 9.23 Å². The average molecular weight is 224 g/mol. The molecule has 17 heavy (non-hydrogen) atoms. The molecule has 2 aromatic carbocycles. The van der Waals surface area contributed by atoms with Gasteiger partial charge in [-0.1, -0.05) is 60.7 Å². The van der Waals surface area contributed by atoms with Gasteiger partial charge in [-0.3, -0.25) is 0 Å². The second-order valence-corrected chi connectivity index (χ2v) is 3.72. The molecule has 0 aliphatic rings. The lowest BCUT2D eigenvalue weighted by molar-refractivity contribution is 0.271. The Bertz CT molecular complexity index is 430. The molecular weight excluding hydrogens is 208 g/mol. The Kier molecular flexibility index (Phi) is 3.98. The molecule has 0 bridgehead atoms. The van der Waals surface area contributed by atoms with Gasteiger partial charge < -0.3 is 4.74 Å². The molecular formula is C16H16O. The van der Waals surface area contributed by atoms with E-state index in [1.165, 1.54) is 11.1 Å². The van der Waals surface area contributed by atoms with Gasteiger partial charge in [0, 0.05) is 5.57 Å². The van der Waals surface area contributed by atoms with E-state index in [0.29, 0.717) is 6.61 Å². The Hall–Kier alpha value is -2.02. The normalized spacial score (nSPS) is 9.71. The van der Waals surface area contributed by atoms with Crippen molar-refractivity contribution < 1.29 is 4.74 Å². The van der Waals surface area contributed by atoms with Gasteiger partial charge in [-0.25, -0.2) is 0 Å². The maximum atomic E-state index is 5.44. The molecule has 2 aromatic rings. The fourth-order valence-corrected chi connectivity index (χ4v) is 1.70. The van der Waals surface area contributed by atoms with Gasteiger partial charge in [0.2, 0.25) is 0 Å². The Balaban J connectivity index is 2.40. The Morgan fingerprint density at radius 1 is 0.882 bits per heavy atom. The van der Waals surface area contributed by atoms with Crippen molar-refractivity contribution in [2.24, 2.45) is 0 Å². The van der Waals surface area contributed by atoms with Crippen LogP contribution in [0, 0.1) is 0 Å². The van der Waals surface area contributed by atoms with E-state index in [1.54, 1.807) is 0 Å². The molecule has 0 saturated carbocycles. The van der Waals surface area contributed by atoms with E-state index in [9.17, 15) is 0 Å². The largest absolute Gasteiger partial charge is 0.501 e. The van der Waals surface area contributed by atoms with Gasteiger partial charge in [0.05, 0.1) is 12.9 Å². The van der Waals surface area contributed by atoms with Crippen LogP contribution < -0.4 is 0 Å². The van der Waals surface area contributed by atoms with Crippen molar-refractivity contribution in [1.82, 2.24) is 0 Å². The summed E-state index contributed by atoms with van der Waals surface area (Å²) in [4.78, 5) is 0. The van der Waals surface area contributed by atoms with Crippen molar-refractivity contribution in [3.05, 3.63) is 78.1 Å². The molecule has 0 N–H and O–H groups in total. The number of ether oxygens (including phenoxy) is 1. The summed E-state index contributed by atoms with van der Waals surface area (Å²) in [7, 11) is 0. The minimum Gasteiger partial charge on any atom is -0.501 e. The number of hydrogen-bond acceptors (Lipinski definition) is 1. The highest BCUT2D eigenvalue weighted by atomic mass is 16.5. The summed E-state index contributed by atoms with van der Waals surface area (Å²) in [5, 5.41) is 0. The van der Waals surface area contributed by atoms with E-state index in [0.717, 1.165) is 5.57 Å². The third-order valence-corrected chi connectivity index (χ3v) is 2.54. The van der Waals surface area contributed by atoms with Crippen LogP contribution in [0.1, 0.15) is 18.1 Å². The van der Waals surface area contributed by atoms with Crippen molar-refractivity contribution in [3.8, 4) is 0 Å². The van der Waals surface area contributed by atoms with Crippen LogP contribution in [0.5, 0.6) is 0 Å². The monoisotopic (exact) mass is 224 g/mol. The molecule has 0 saturated heterocycles. The summed E-state index contributed by atoms with van der Waals surface area (Å²) >= 11 is 0. The maximum absolute atomic E-state index is 5.44.